The molecule has 0 aliphatic carbocycles. The van der Waals surface area contributed by atoms with E-state index in [0.717, 1.165) is 0 Å². The molecule has 1 aromatic heterocycles. The predicted octanol–water partition coefficient (Wildman–Crippen LogP) is -0.0218. The Bertz CT molecular complexity index is 234. The predicted molar refractivity (Wildman–Crippen MR) is 35.0 cm³/mol. The normalized spacial score (nSPS) is 13.6. The monoisotopic (exact) mass is 165 g/mol. The Balaban J connectivity index is 2.98. The average molecular weight is 166 g/mol. The number of hydrogen-bond donors (Lipinski definition) is 0. The van der Waals surface area contributed by atoms with Gasteiger partial charge in [0, 0.05) is 10.7 Å². The molecule has 1 rings (SSSR count). The minimum atomic E-state index is -1.44. The van der Waals surface area contributed by atoms with Gasteiger partial charge in [-0.3, -0.25) is 0 Å². The SMILES string of the molecule is C[n+]1ccn(S(=O)Cl)c1. The van der Waals surface area contributed by atoms with Gasteiger partial charge in [0.1, 0.15) is 12.4 Å². The second-order valence-electron chi connectivity index (χ2n) is 1.65. The van der Waals surface area contributed by atoms with Crippen LogP contribution < -0.4 is 4.57 Å². The largest absolute Gasteiger partial charge is 0.308 e. The third kappa shape index (κ3) is 1.53. The molecule has 0 saturated heterocycles. The summed E-state index contributed by atoms with van der Waals surface area (Å²) in [7, 11) is 5.63. The van der Waals surface area contributed by atoms with Crippen molar-refractivity contribution in [3.05, 3.63) is 18.7 Å². The molecule has 0 saturated carbocycles. The van der Waals surface area contributed by atoms with E-state index in [1.54, 1.807) is 23.3 Å². The first kappa shape index (κ1) is 6.77. The van der Waals surface area contributed by atoms with Crippen LogP contribution in [0.5, 0.6) is 0 Å². The van der Waals surface area contributed by atoms with Crippen molar-refractivity contribution in [3.8, 4) is 0 Å². The number of imidazole rings is 1. The zero-order valence-corrected chi connectivity index (χ0v) is 6.39. The molecule has 1 atom stereocenters. The number of aryl methyl sites for hydroxylation is 1. The van der Waals surface area contributed by atoms with Gasteiger partial charge in [-0.15, -0.1) is 3.97 Å². The van der Waals surface area contributed by atoms with Crippen molar-refractivity contribution in [1.29, 1.82) is 0 Å². The van der Waals surface area contributed by atoms with Gasteiger partial charge in [0.25, 0.3) is 6.33 Å². The summed E-state index contributed by atoms with van der Waals surface area (Å²) in [5, 5.41) is 0. The number of halogens is 1. The van der Waals surface area contributed by atoms with E-state index in [0.29, 0.717) is 0 Å². The first-order valence-corrected chi connectivity index (χ1v) is 4.25. The second kappa shape index (κ2) is 2.49. The highest BCUT2D eigenvalue weighted by Crippen LogP contribution is 1.91. The average Bonchev–Trinajstić information content (AvgIpc) is 2.14. The van der Waals surface area contributed by atoms with Crippen molar-refractivity contribution in [2.75, 3.05) is 0 Å². The van der Waals surface area contributed by atoms with Crippen LogP contribution in [0.1, 0.15) is 0 Å². The number of nitrogens with zero attached hydrogens (tertiary/aromatic N) is 2. The third-order valence-electron chi connectivity index (χ3n) is 0.910. The van der Waals surface area contributed by atoms with Crippen LogP contribution in [0.2, 0.25) is 0 Å². The Morgan fingerprint density at radius 1 is 1.78 bits per heavy atom. The quantitative estimate of drug-likeness (QED) is 0.424. The fraction of sp³-hybridized carbons (Fsp3) is 0.250. The number of aromatic nitrogens is 2. The van der Waals surface area contributed by atoms with Crippen LogP contribution in [0.15, 0.2) is 18.7 Å². The Hall–Kier alpha value is -0.350. The van der Waals surface area contributed by atoms with E-state index >= 15 is 0 Å². The van der Waals surface area contributed by atoms with Crippen LogP contribution in [-0.2, 0) is 17.2 Å². The Labute approximate surface area is 60.0 Å². The molecule has 0 radical (unpaired) electrons. The summed E-state index contributed by atoms with van der Waals surface area (Å²) >= 11 is 0. The van der Waals surface area contributed by atoms with Crippen LogP contribution >= 0.6 is 10.7 Å². The molecule has 0 aromatic carbocycles. The Morgan fingerprint density at radius 3 is 2.67 bits per heavy atom. The van der Waals surface area contributed by atoms with Crippen LogP contribution in [0, 0.1) is 0 Å². The fourth-order valence-electron chi connectivity index (χ4n) is 0.512. The maximum absolute atomic E-state index is 10.5. The lowest BCUT2D eigenvalue weighted by atomic mass is 10.9. The van der Waals surface area contributed by atoms with E-state index < -0.39 is 10.2 Å². The summed E-state index contributed by atoms with van der Waals surface area (Å²) in [6.07, 6.45) is 5.05. The van der Waals surface area contributed by atoms with Crippen molar-refractivity contribution >= 4 is 20.9 Å². The van der Waals surface area contributed by atoms with Crippen LogP contribution in [0.25, 0.3) is 0 Å². The van der Waals surface area contributed by atoms with Gasteiger partial charge in [0.15, 0.2) is 0 Å². The van der Waals surface area contributed by atoms with Gasteiger partial charge in [-0.2, -0.15) is 4.21 Å². The van der Waals surface area contributed by atoms with Gasteiger partial charge in [0.2, 0.25) is 0 Å². The Kier molecular flexibility index (Phi) is 1.87. The van der Waals surface area contributed by atoms with Gasteiger partial charge in [-0.25, -0.2) is 4.57 Å². The molecule has 50 valence electrons. The highest BCUT2D eigenvalue weighted by atomic mass is 35.7. The van der Waals surface area contributed by atoms with E-state index in [-0.39, 0.29) is 0 Å². The van der Waals surface area contributed by atoms with Gasteiger partial charge in [-0.1, -0.05) is 0 Å². The molecule has 0 bridgehead atoms. The van der Waals surface area contributed by atoms with Crippen molar-refractivity contribution < 1.29 is 8.78 Å². The van der Waals surface area contributed by atoms with E-state index in [1.165, 1.54) is 3.97 Å². The zero-order chi connectivity index (χ0) is 6.85. The molecular formula is C4H6ClN2OS+. The van der Waals surface area contributed by atoms with Gasteiger partial charge in [0.05, 0.1) is 7.05 Å². The van der Waals surface area contributed by atoms with Crippen LogP contribution in [0.3, 0.4) is 0 Å². The van der Waals surface area contributed by atoms with E-state index in [2.05, 4.69) is 0 Å². The molecule has 0 N–H and O–H groups in total. The zero-order valence-electron chi connectivity index (χ0n) is 4.82. The standard InChI is InChI=1S/C4H6ClN2OS/c1-6-2-3-7(4-6)9(5)8/h2-4H,1H3/q+1. The molecule has 0 spiro atoms. The molecule has 0 aliphatic rings. The summed E-state index contributed by atoms with van der Waals surface area (Å²) in [6, 6.07) is 0. The Morgan fingerprint density at radius 2 is 2.44 bits per heavy atom. The number of hydrogen-bond acceptors (Lipinski definition) is 1. The highest BCUT2D eigenvalue weighted by Gasteiger charge is 2.03. The molecule has 1 unspecified atom stereocenters. The molecule has 0 fully saturated rings. The summed E-state index contributed by atoms with van der Waals surface area (Å²) in [5.41, 5.74) is 0. The molecule has 3 nitrogen and oxygen atoms in total. The first-order chi connectivity index (χ1) is 4.20. The highest BCUT2D eigenvalue weighted by molar-refractivity contribution is 8.07. The second-order valence-corrected chi connectivity index (χ2v) is 3.27. The van der Waals surface area contributed by atoms with Crippen LogP contribution in [-0.4, -0.2) is 8.18 Å². The summed E-state index contributed by atoms with van der Waals surface area (Å²) in [4.78, 5) is 0. The molecular weight excluding hydrogens is 160 g/mol. The fourth-order valence-corrected chi connectivity index (χ4v) is 1.13. The lowest BCUT2D eigenvalue weighted by molar-refractivity contribution is -0.670. The van der Waals surface area contributed by atoms with Gasteiger partial charge >= 0.3 is 10.2 Å². The third-order valence-corrected chi connectivity index (χ3v) is 1.94. The lowest BCUT2D eigenvalue weighted by Gasteiger charge is -1.78. The van der Waals surface area contributed by atoms with Crippen LogP contribution in [0.4, 0.5) is 0 Å². The molecule has 5 heteroatoms. The maximum atomic E-state index is 10.5. The number of rotatable bonds is 1. The topological polar surface area (TPSA) is 25.9 Å². The van der Waals surface area contributed by atoms with E-state index in [1.807, 2.05) is 7.05 Å². The van der Waals surface area contributed by atoms with Gasteiger partial charge < -0.3 is 0 Å². The lowest BCUT2D eigenvalue weighted by Crippen LogP contribution is -2.23. The minimum Gasteiger partial charge on any atom is -0.239 e. The smallest absolute Gasteiger partial charge is 0.239 e. The van der Waals surface area contributed by atoms with E-state index in [4.69, 9.17) is 10.7 Å². The molecule has 0 aliphatic heterocycles. The summed E-state index contributed by atoms with van der Waals surface area (Å²) in [6.45, 7) is 0. The van der Waals surface area contributed by atoms with E-state index in [9.17, 15) is 4.21 Å². The molecule has 1 heterocycles. The minimum absolute atomic E-state index is 1.40. The molecule has 9 heavy (non-hydrogen) atoms. The molecule has 0 amide bonds. The van der Waals surface area contributed by atoms with Crippen molar-refractivity contribution in [2.45, 2.75) is 0 Å². The molecule has 1 aromatic rings. The summed E-state index contributed by atoms with van der Waals surface area (Å²) in [5.74, 6) is 0. The van der Waals surface area contributed by atoms with Crippen molar-refractivity contribution in [3.63, 3.8) is 0 Å². The first-order valence-electron chi connectivity index (χ1n) is 2.32. The van der Waals surface area contributed by atoms with Crippen molar-refractivity contribution in [1.82, 2.24) is 3.97 Å². The van der Waals surface area contributed by atoms with Crippen molar-refractivity contribution in [2.24, 2.45) is 7.05 Å². The summed E-state index contributed by atoms with van der Waals surface area (Å²) < 4.78 is 13.7. The van der Waals surface area contributed by atoms with Gasteiger partial charge in [-0.05, 0) is 0 Å². The maximum Gasteiger partial charge on any atom is 0.308 e.